The molecule has 0 radical (unpaired) electrons. The van der Waals surface area contributed by atoms with Crippen molar-refractivity contribution in [1.29, 1.82) is 0 Å². The van der Waals surface area contributed by atoms with E-state index in [0.29, 0.717) is 0 Å². The van der Waals surface area contributed by atoms with Gasteiger partial charge in [0.1, 0.15) is 19.3 Å². The summed E-state index contributed by atoms with van der Waals surface area (Å²) in [7, 11) is 0. The normalized spacial score (nSPS) is 30.1. The van der Waals surface area contributed by atoms with Crippen LogP contribution in [0.4, 0.5) is 0 Å². The maximum atomic E-state index is 2.52. The van der Waals surface area contributed by atoms with Crippen LogP contribution in [0.25, 0.3) is 0 Å². The second kappa shape index (κ2) is 4.64. The first-order valence-corrected chi connectivity index (χ1v) is 5.31. The van der Waals surface area contributed by atoms with Crippen LogP contribution in [0, 0.1) is 11.8 Å². The number of hydrogen-bond donors (Lipinski definition) is 0. The quantitative estimate of drug-likeness (QED) is 0.570. The summed E-state index contributed by atoms with van der Waals surface area (Å²) in [5.74, 6) is 1.69. The number of rotatable bonds is 3. The molecule has 1 heterocycles. The van der Waals surface area contributed by atoms with Crippen molar-refractivity contribution in [1.82, 2.24) is 0 Å². The summed E-state index contributed by atoms with van der Waals surface area (Å²) >= 11 is 0. The van der Waals surface area contributed by atoms with Crippen LogP contribution >= 0.6 is 0 Å². The van der Waals surface area contributed by atoms with E-state index in [2.05, 4.69) is 31.6 Å². The van der Waals surface area contributed by atoms with E-state index in [0.717, 1.165) is 11.8 Å². The minimum Gasteiger partial charge on any atom is -0.239 e. The van der Waals surface area contributed by atoms with Crippen molar-refractivity contribution in [3.05, 3.63) is 0 Å². The SMILES string of the molecule is CCCC[N+]1=C[C@H](C)C[C@@H](C)C1. The Kier molecular flexibility index (Phi) is 3.77. The molecule has 0 saturated heterocycles. The molecular weight excluding hydrogens is 146 g/mol. The minimum atomic E-state index is 0.797. The molecule has 1 aliphatic rings. The molecule has 0 aromatic rings. The van der Waals surface area contributed by atoms with Gasteiger partial charge in [-0.1, -0.05) is 27.2 Å². The Morgan fingerprint density at radius 1 is 1.42 bits per heavy atom. The van der Waals surface area contributed by atoms with Crippen molar-refractivity contribution in [3.8, 4) is 0 Å². The average molecular weight is 168 g/mol. The zero-order chi connectivity index (χ0) is 8.97. The fraction of sp³-hybridized carbons (Fsp3) is 0.909. The highest BCUT2D eigenvalue weighted by Crippen LogP contribution is 2.15. The summed E-state index contributed by atoms with van der Waals surface area (Å²) in [4.78, 5) is 0. The Labute approximate surface area is 76.5 Å². The summed E-state index contributed by atoms with van der Waals surface area (Å²) < 4.78 is 2.52. The zero-order valence-corrected chi connectivity index (χ0v) is 8.71. The minimum absolute atomic E-state index is 0.797. The van der Waals surface area contributed by atoms with E-state index >= 15 is 0 Å². The van der Waals surface area contributed by atoms with Crippen LogP contribution in [0.1, 0.15) is 40.0 Å². The van der Waals surface area contributed by atoms with E-state index in [-0.39, 0.29) is 0 Å². The van der Waals surface area contributed by atoms with Gasteiger partial charge in [0.2, 0.25) is 0 Å². The molecule has 1 heteroatoms. The van der Waals surface area contributed by atoms with Crippen LogP contribution < -0.4 is 0 Å². The van der Waals surface area contributed by atoms with Crippen molar-refractivity contribution >= 4 is 6.21 Å². The van der Waals surface area contributed by atoms with Gasteiger partial charge >= 0.3 is 0 Å². The lowest BCUT2D eigenvalue weighted by atomic mass is 9.95. The Morgan fingerprint density at radius 2 is 2.17 bits per heavy atom. The number of hydrogen-bond acceptors (Lipinski definition) is 0. The molecule has 70 valence electrons. The molecule has 0 saturated carbocycles. The molecule has 0 amide bonds. The second-order valence-corrected chi connectivity index (χ2v) is 4.32. The van der Waals surface area contributed by atoms with Crippen LogP contribution in [0.5, 0.6) is 0 Å². The molecular formula is C11H22N+. The average Bonchev–Trinajstić information content (AvgIpc) is 1.99. The number of nitrogens with zero attached hydrogens (tertiary/aromatic N) is 1. The monoisotopic (exact) mass is 168 g/mol. The molecule has 0 spiro atoms. The molecule has 0 fully saturated rings. The van der Waals surface area contributed by atoms with Gasteiger partial charge in [-0.05, 0) is 6.42 Å². The fourth-order valence-electron chi connectivity index (χ4n) is 2.12. The van der Waals surface area contributed by atoms with E-state index in [9.17, 15) is 0 Å². The first-order valence-electron chi connectivity index (χ1n) is 5.31. The van der Waals surface area contributed by atoms with Crippen LogP contribution in [-0.2, 0) is 0 Å². The molecule has 1 nitrogen and oxygen atoms in total. The van der Waals surface area contributed by atoms with Crippen LogP contribution in [-0.4, -0.2) is 23.9 Å². The Balaban J connectivity index is 2.40. The lowest BCUT2D eigenvalue weighted by molar-refractivity contribution is -0.537. The number of unbranched alkanes of at least 4 members (excludes halogenated alkanes) is 1. The summed E-state index contributed by atoms with van der Waals surface area (Å²) in [6, 6.07) is 0. The lowest BCUT2D eigenvalue weighted by Crippen LogP contribution is -2.29. The van der Waals surface area contributed by atoms with Gasteiger partial charge < -0.3 is 0 Å². The highest BCUT2D eigenvalue weighted by atomic mass is 15.0. The smallest absolute Gasteiger partial charge is 0.145 e. The standard InChI is InChI=1S/C11H22N/c1-4-5-6-12-8-10(2)7-11(3)9-12/h8,10-11H,4-7,9H2,1-3H3/q+1/t10-,11-/m1/s1. The highest BCUT2D eigenvalue weighted by molar-refractivity contribution is 5.55. The van der Waals surface area contributed by atoms with Crippen molar-refractivity contribution in [2.24, 2.45) is 11.8 Å². The van der Waals surface area contributed by atoms with Gasteiger partial charge in [-0.2, -0.15) is 0 Å². The molecule has 0 aliphatic carbocycles. The summed E-state index contributed by atoms with van der Waals surface area (Å²) in [6.07, 6.45) is 6.46. The van der Waals surface area contributed by atoms with Gasteiger partial charge in [0.15, 0.2) is 0 Å². The summed E-state index contributed by atoms with van der Waals surface area (Å²) in [5.41, 5.74) is 0. The zero-order valence-electron chi connectivity index (χ0n) is 8.71. The van der Waals surface area contributed by atoms with E-state index in [1.807, 2.05) is 0 Å². The lowest BCUT2D eigenvalue weighted by Gasteiger charge is -2.18. The third-order valence-corrected chi connectivity index (χ3v) is 2.58. The van der Waals surface area contributed by atoms with Gasteiger partial charge in [0.25, 0.3) is 0 Å². The molecule has 1 rings (SSSR count). The van der Waals surface area contributed by atoms with Crippen LogP contribution in [0.3, 0.4) is 0 Å². The van der Waals surface area contributed by atoms with Crippen molar-refractivity contribution in [2.45, 2.75) is 40.0 Å². The maximum Gasteiger partial charge on any atom is 0.145 e. The van der Waals surface area contributed by atoms with Gasteiger partial charge in [0, 0.05) is 18.3 Å². The summed E-state index contributed by atoms with van der Waals surface area (Å²) in [6.45, 7) is 9.50. The topological polar surface area (TPSA) is 3.01 Å². The third-order valence-electron chi connectivity index (χ3n) is 2.58. The molecule has 0 bridgehead atoms. The summed E-state index contributed by atoms with van der Waals surface area (Å²) in [5, 5.41) is 0. The molecule has 0 N–H and O–H groups in total. The van der Waals surface area contributed by atoms with Crippen LogP contribution in [0.15, 0.2) is 0 Å². The maximum absolute atomic E-state index is 2.52. The van der Waals surface area contributed by atoms with Crippen molar-refractivity contribution < 1.29 is 4.58 Å². The largest absolute Gasteiger partial charge is 0.239 e. The van der Waals surface area contributed by atoms with E-state index < -0.39 is 0 Å². The Bertz CT molecular complexity index is 160. The predicted molar refractivity (Wildman–Crippen MR) is 53.9 cm³/mol. The van der Waals surface area contributed by atoms with Gasteiger partial charge in [-0.25, -0.2) is 4.58 Å². The molecule has 12 heavy (non-hydrogen) atoms. The predicted octanol–water partition coefficient (Wildman–Crippen LogP) is 2.55. The van der Waals surface area contributed by atoms with Crippen molar-refractivity contribution in [2.75, 3.05) is 13.1 Å². The molecule has 2 atom stereocenters. The third kappa shape index (κ3) is 2.96. The molecule has 0 unspecified atom stereocenters. The first kappa shape index (κ1) is 9.76. The fourth-order valence-corrected chi connectivity index (χ4v) is 2.12. The van der Waals surface area contributed by atoms with Crippen LogP contribution in [0.2, 0.25) is 0 Å². The van der Waals surface area contributed by atoms with E-state index in [1.165, 1.54) is 32.4 Å². The van der Waals surface area contributed by atoms with E-state index in [4.69, 9.17) is 0 Å². The molecule has 1 aliphatic heterocycles. The van der Waals surface area contributed by atoms with Gasteiger partial charge in [-0.3, -0.25) is 0 Å². The molecule has 0 aromatic heterocycles. The highest BCUT2D eigenvalue weighted by Gasteiger charge is 2.20. The van der Waals surface area contributed by atoms with Gasteiger partial charge in [-0.15, -0.1) is 0 Å². The van der Waals surface area contributed by atoms with Gasteiger partial charge in [0.05, 0.1) is 0 Å². The van der Waals surface area contributed by atoms with Crippen molar-refractivity contribution in [3.63, 3.8) is 0 Å². The van der Waals surface area contributed by atoms with E-state index in [1.54, 1.807) is 0 Å². The Hall–Kier alpha value is -0.330. The second-order valence-electron chi connectivity index (χ2n) is 4.32. The Morgan fingerprint density at radius 3 is 2.75 bits per heavy atom. The first-order chi connectivity index (χ1) is 5.72. The molecule has 0 aromatic carbocycles.